The van der Waals surface area contributed by atoms with Gasteiger partial charge in [-0.15, -0.1) is 0 Å². The molecule has 0 bridgehead atoms. The molecule has 0 aliphatic carbocycles. The first kappa shape index (κ1) is 24.8. The lowest BCUT2D eigenvalue weighted by atomic mass is 10.1. The Morgan fingerprint density at radius 3 is 2.09 bits per heavy atom. The van der Waals surface area contributed by atoms with E-state index in [0.717, 1.165) is 22.6 Å². The van der Waals surface area contributed by atoms with Crippen LogP contribution in [0.2, 0.25) is 0 Å². The molecular weight excluding hydrogens is 426 g/mol. The third-order valence-corrected chi connectivity index (χ3v) is 5.75. The smallest absolute Gasteiger partial charge is 0.247 e. The molecule has 0 fully saturated rings. The number of anilines is 2. The summed E-state index contributed by atoms with van der Waals surface area (Å²) in [6, 6.07) is 24.2. The number of nitrogens with zero attached hydrogens (tertiary/aromatic N) is 2. The zero-order valence-electron chi connectivity index (χ0n) is 20.3. The summed E-state index contributed by atoms with van der Waals surface area (Å²) < 4.78 is 5.25. The van der Waals surface area contributed by atoms with Crippen LogP contribution >= 0.6 is 0 Å². The van der Waals surface area contributed by atoms with E-state index >= 15 is 0 Å². The third kappa shape index (κ3) is 6.61. The number of rotatable bonds is 10. The quantitative estimate of drug-likeness (QED) is 0.475. The van der Waals surface area contributed by atoms with Gasteiger partial charge in [-0.1, -0.05) is 49.4 Å². The molecule has 0 aliphatic heterocycles. The Morgan fingerprint density at radius 1 is 0.882 bits per heavy atom. The highest BCUT2D eigenvalue weighted by Crippen LogP contribution is 2.20. The monoisotopic (exact) mass is 459 g/mol. The Balaban J connectivity index is 1.82. The minimum absolute atomic E-state index is 0.0908. The summed E-state index contributed by atoms with van der Waals surface area (Å²) in [4.78, 5) is 30.4. The van der Waals surface area contributed by atoms with E-state index in [2.05, 4.69) is 5.32 Å². The second-order valence-corrected chi connectivity index (χ2v) is 8.39. The van der Waals surface area contributed by atoms with Crippen molar-refractivity contribution in [3.63, 3.8) is 0 Å². The molecule has 6 nitrogen and oxygen atoms in total. The second kappa shape index (κ2) is 11.9. The van der Waals surface area contributed by atoms with E-state index < -0.39 is 6.04 Å². The summed E-state index contributed by atoms with van der Waals surface area (Å²) in [6.07, 6.45) is 0.733. The number of benzene rings is 3. The molecule has 3 rings (SSSR count). The highest BCUT2D eigenvalue weighted by molar-refractivity contribution is 5.97. The number of hydrogen-bond donors (Lipinski definition) is 1. The van der Waals surface area contributed by atoms with Crippen LogP contribution in [0.3, 0.4) is 0 Å². The number of amides is 2. The number of ether oxygens (including phenoxy) is 1. The Hall–Kier alpha value is -3.80. The molecule has 3 aromatic rings. The first-order chi connectivity index (χ1) is 16.4. The van der Waals surface area contributed by atoms with Crippen LogP contribution in [0.4, 0.5) is 11.4 Å². The fourth-order valence-electron chi connectivity index (χ4n) is 3.79. The van der Waals surface area contributed by atoms with Gasteiger partial charge in [-0.2, -0.15) is 0 Å². The van der Waals surface area contributed by atoms with Crippen molar-refractivity contribution >= 4 is 23.2 Å². The lowest BCUT2D eigenvalue weighted by Crippen LogP contribution is -2.47. The van der Waals surface area contributed by atoms with Gasteiger partial charge in [0.1, 0.15) is 11.8 Å². The molecule has 0 aliphatic rings. The van der Waals surface area contributed by atoms with Crippen LogP contribution in [-0.4, -0.2) is 44.0 Å². The Kier molecular flexibility index (Phi) is 8.68. The van der Waals surface area contributed by atoms with Gasteiger partial charge in [-0.25, -0.2) is 0 Å². The van der Waals surface area contributed by atoms with Crippen molar-refractivity contribution in [2.24, 2.45) is 0 Å². The first-order valence-electron chi connectivity index (χ1n) is 11.5. The molecule has 2 amide bonds. The Labute approximate surface area is 202 Å². The number of carbonyl (C=O) groups is 2. The maximum Gasteiger partial charge on any atom is 0.247 e. The zero-order valence-corrected chi connectivity index (χ0v) is 20.3. The van der Waals surface area contributed by atoms with Gasteiger partial charge in [0.05, 0.1) is 13.5 Å². The van der Waals surface area contributed by atoms with Crippen molar-refractivity contribution in [2.45, 2.75) is 32.4 Å². The molecule has 0 spiro atoms. The Morgan fingerprint density at radius 2 is 1.53 bits per heavy atom. The maximum absolute atomic E-state index is 13.4. The number of hydrogen-bond acceptors (Lipinski definition) is 4. The van der Waals surface area contributed by atoms with Crippen LogP contribution in [0.25, 0.3) is 0 Å². The van der Waals surface area contributed by atoms with Gasteiger partial charge in [0, 0.05) is 32.0 Å². The van der Waals surface area contributed by atoms with Crippen LogP contribution < -0.4 is 15.0 Å². The van der Waals surface area contributed by atoms with Crippen molar-refractivity contribution in [3.05, 3.63) is 90.0 Å². The van der Waals surface area contributed by atoms with Gasteiger partial charge >= 0.3 is 0 Å². The van der Waals surface area contributed by atoms with Crippen LogP contribution in [0.5, 0.6) is 5.75 Å². The Bertz CT molecular complexity index is 1060. The average molecular weight is 460 g/mol. The van der Waals surface area contributed by atoms with Crippen LogP contribution in [0.1, 0.15) is 24.5 Å². The van der Waals surface area contributed by atoms with Gasteiger partial charge in [-0.3, -0.25) is 9.59 Å². The molecule has 0 saturated heterocycles. The number of methoxy groups -OCH3 is 1. The molecule has 1 atom stereocenters. The predicted molar refractivity (Wildman–Crippen MR) is 137 cm³/mol. The highest BCUT2D eigenvalue weighted by Gasteiger charge is 2.28. The van der Waals surface area contributed by atoms with Gasteiger partial charge in [0.15, 0.2) is 0 Å². The molecule has 3 aromatic carbocycles. The molecule has 0 radical (unpaired) electrons. The average Bonchev–Trinajstić information content (AvgIpc) is 2.85. The van der Waals surface area contributed by atoms with Crippen molar-refractivity contribution in [2.75, 3.05) is 31.4 Å². The van der Waals surface area contributed by atoms with Gasteiger partial charge in [-0.05, 0) is 53.9 Å². The van der Waals surface area contributed by atoms with E-state index in [-0.39, 0.29) is 18.2 Å². The molecule has 178 valence electrons. The van der Waals surface area contributed by atoms with Crippen molar-refractivity contribution < 1.29 is 14.3 Å². The van der Waals surface area contributed by atoms with E-state index in [0.29, 0.717) is 18.7 Å². The molecule has 0 aromatic heterocycles. The van der Waals surface area contributed by atoms with Crippen LogP contribution in [0, 0.1) is 0 Å². The van der Waals surface area contributed by atoms with E-state index in [9.17, 15) is 9.59 Å². The molecule has 34 heavy (non-hydrogen) atoms. The predicted octanol–water partition coefficient (Wildman–Crippen LogP) is 4.75. The minimum atomic E-state index is -0.605. The topological polar surface area (TPSA) is 61.9 Å². The normalized spacial score (nSPS) is 11.4. The van der Waals surface area contributed by atoms with E-state index in [1.165, 1.54) is 0 Å². The second-order valence-electron chi connectivity index (χ2n) is 8.39. The standard InChI is InChI=1S/C28H33N3O3/c1-5-26(28(33)29-23-13-15-24(16-14-23)30(2)3)31(20-22-11-17-25(34-4)18-12-22)27(32)19-21-9-7-6-8-10-21/h6-18,26H,5,19-20H2,1-4H3,(H,29,33). The van der Waals surface area contributed by atoms with Crippen molar-refractivity contribution in [1.29, 1.82) is 0 Å². The van der Waals surface area contributed by atoms with Crippen molar-refractivity contribution in [3.8, 4) is 5.75 Å². The summed E-state index contributed by atoms with van der Waals surface area (Å²) in [6.45, 7) is 2.26. The molecule has 0 heterocycles. The zero-order chi connectivity index (χ0) is 24.5. The maximum atomic E-state index is 13.4. The summed E-state index contributed by atoms with van der Waals surface area (Å²) in [5.74, 6) is 0.457. The SMILES string of the molecule is CCC(C(=O)Nc1ccc(N(C)C)cc1)N(Cc1ccc(OC)cc1)C(=O)Cc1ccccc1. The van der Waals surface area contributed by atoms with Crippen molar-refractivity contribution in [1.82, 2.24) is 4.90 Å². The molecule has 0 saturated carbocycles. The molecule has 1 N–H and O–H groups in total. The summed E-state index contributed by atoms with van der Waals surface area (Å²) in [5.41, 5.74) is 3.60. The summed E-state index contributed by atoms with van der Waals surface area (Å²) >= 11 is 0. The fraction of sp³-hybridized carbons (Fsp3) is 0.286. The van der Waals surface area contributed by atoms with Gasteiger partial charge in [0.2, 0.25) is 11.8 Å². The van der Waals surface area contributed by atoms with E-state index in [1.807, 2.05) is 105 Å². The van der Waals surface area contributed by atoms with Gasteiger partial charge < -0.3 is 19.9 Å². The highest BCUT2D eigenvalue weighted by atomic mass is 16.5. The molecule has 6 heteroatoms. The lowest BCUT2D eigenvalue weighted by molar-refractivity contribution is -0.139. The lowest BCUT2D eigenvalue weighted by Gasteiger charge is -2.31. The van der Waals surface area contributed by atoms with E-state index in [4.69, 9.17) is 4.74 Å². The first-order valence-corrected chi connectivity index (χ1v) is 11.5. The van der Waals surface area contributed by atoms with Gasteiger partial charge in [0.25, 0.3) is 0 Å². The minimum Gasteiger partial charge on any atom is -0.497 e. The summed E-state index contributed by atoms with van der Waals surface area (Å²) in [5, 5.41) is 2.99. The number of nitrogens with one attached hydrogen (secondary N) is 1. The molecular formula is C28H33N3O3. The fourth-order valence-corrected chi connectivity index (χ4v) is 3.79. The van der Waals surface area contributed by atoms with Crippen LogP contribution in [-0.2, 0) is 22.6 Å². The van der Waals surface area contributed by atoms with Crippen LogP contribution in [0.15, 0.2) is 78.9 Å². The summed E-state index contributed by atoms with van der Waals surface area (Å²) in [7, 11) is 5.55. The third-order valence-electron chi connectivity index (χ3n) is 5.75. The largest absolute Gasteiger partial charge is 0.497 e. The molecule has 1 unspecified atom stereocenters. The van der Waals surface area contributed by atoms with E-state index in [1.54, 1.807) is 12.0 Å². The number of carbonyl (C=O) groups excluding carboxylic acids is 2.